The van der Waals surface area contributed by atoms with Crippen LogP contribution in [0.3, 0.4) is 0 Å². The molecule has 1 aromatic rings. The van der Waals surface area contributed by atoms with Crippen LogP contribution in [0.25, 0.3) is 0 Å². The summed E-state index contributed by atoms with van der Waals surface area (Å²) in [7, 11) is 0. The summed E-state index contributed by atoms with van der Waals surface area (Å²) >= 11 is 7.47. The molecule has 3 N–H and O–H groups in total. The van der Waals surface area contributed by atoms with Gasteiger partial charge in [0.25, 0.3) is 5.92 Å². The van der Waals surface area contributed by atoms with E-state index in [4.69, 9.17) is 10.8 Å². The number of thiophene rings is 1. The summed E-state index contributed by atoms with van der Waals surface area (Å²) in [6, 6.07) is 0.0447. The van der Waals surface area contributed by atoms with Crippen molar-refractivity contribution in [2.45, 2.75) is 12.0 Å². The van der Waals surface area contributed by atoms with Crippen molar-refractivity contribution in [3.63, 3.8) is 0 Å². The maximum atomic E-state index is 13.0. The molecular formula is C7H8Br2ClF2NOS. The van der Waals surface area contributed by atoms with Crippen LogP contribution in [0.4, 0.5) is 8.78 Å². The van der Waals surface area contributed by atoms with Crippen LogP contribution in [0, 0.1) is 0 Å². The molecule has 0 amide bonds. The van der Waals surface area contributed by atoms with Gasteiger partial charge in [-0.05, 0) is 37.9 Å². The minimum atomic E-state index is -3.29. The fourth-order valence-electron chi connectivity index (χ4n) is 0.823. The second-order valence-electron chi connectivity index (χ2n) is 2.67. The van der Waals surface area contributed by atoms with Gasteiger partial charge in [-0.3, -0.25) is 0 Å². The van der Waals surface area contributed by atoms with Crippen LogP contribution in [0.15, 0.2) is 14.3 Å². The SMILES string of the molecule is Cl.N[C@@H](c1cc(Br)c(Br)s1)C(F)(F)CO. The highest BCUT2D eigenvalue weighted by Gasteiger charge is 2.38. The number of rotatable bonds is 3. The predicted octanol–water partition coefficient (Wildman–Crippen LogP) is 3.32. The largest absolute Gasteiger partial charge is 0.390 e. The highest BCUT2D eigenvalue weighted by Crippen LogP contribution is 2.39. The van der Waals surface area contributed by atoms with E-state index in [0.717, 1.165) is 11.3 Å². The summed E-state index contributed by atoms with van der Waals surface area (Å²) in [5, 5.41) is 8.45. The lowest BCUT2D eigenvalue weighted by molar-refractivity contribution is -0.0703. The molecule has 2 nitrogen and oxygen atoms in total. The Hall–Kier alpha value is 0.730. The summed E-state index contributed by atoms with van der Waals surface area (Å²) in [4.78, 5) is 0.322. The predicted molar refractivity (Wildman–Crippen MR) is 65.9 cm³/mol. The molecule has 1 atom stereocenters. The molecule has 15 heavy (non-hydrogen) atoms. The van der Waals surface area contributed by atoms with Gasteiger partial charge in [-0.15, -0.1) is 23.7 Å². The van der Waals surface area contributed by atoms with Crippen molar-refractivity contribution in [1.82, 2.24) is 0 Å². The summed E-state index contributed by atoms with van der Waals surface area (Å²) in [6.07, 6.45) is 0. The summed E-state index contributed by atoms with van der Waals surface area (Å²) < 4.78 is 27.3. The van der Waals surface area contributed by atoms with Crippen LogP contribution in [0.1, 0.15) is 10.9 Å². The molecule has 0 saturated heterocycles. The molecule has 0 aliphatic heterocycles. The molecule has 0 aromatic carbocycles. The Morgan fingerprint density at radius 3 is 2.40 bits per heavy atom. The molecule has 0 aliphatic carbocycles. The topological polar surface area (TPSA) is 46.2 Å². The number of hydrogen-bond donors (Lipinski definition) is 2. The van der Waals surface area contributed by atoms with E-state index in [0.29, 0.717) is 13.1 Å². The number of aliphatic hydroxyl groups excluding tert-OH is 1. The van der Waals surface area contributed by atoms with Crippen LogP contribution >= 0.6 is 55.6 Å². The third-order valence-electron chi connectivity index (χ3n) is 1.64. The Labute approximate surface area is 113 Å². The minimum Gasteiger partial charge on any atom is -0.390 e. The maximum Gasteiger partial charge on any atom is 0.290 e. The standard InChI is InChI=1S/C7H7Br2F2NOS.ClH/c8-3-1-4(14-6(3)9)5(12)7(10,11)2-13;/h1,5,13H,2,12H2;1H/t5-;/m0./s1. The third-order valence-corrected chi connectivity index (χ3v) is 4.98. The summed E-state index contributed by atoms with van der Waals surface area (Å²) in [5.74, 6) is -3.29. The van der Waals surface area contributed by atoms with E-state index in [2.05, 4.69) is 31.9 Å². The first-order chi connectivity index (χ1) is 6.38. The van der Waals surface area contributed by atoms with E-state index in [9.17, 15) is 8.78 Å². The third kappa shape index (κ3) is 3.61. The van der Waals surface area contributed by atoms with Gasteiger partial charge in [0.1, 0.15) is 12.6 Å². The van der Waals surface area contributed by atoms with E-state index in [-0.39, 0.29) is 12.4 Å². The van der Waals surface area contributed by atoms with Crippen LogP contribution in [0.5, 0.6) is 0 Å². The molecule has 0 bridgehead atoms. The van der Waals surface area contributed by atoms with Crippen molar-refractivity contribution in [3.05, 3.63) is 19.2 Å². The van der Waals surface area contributed by atoms with Gasteiger partial charge in [-0.25, -0.2) is 8.78 Å². The van der Waals surface area contributed by atoms with E-state index < -0.39 is 18.6 Å². The molecule has 0 fully saturated rings. The van der Waals surface area contributed by atoms with Crippen LogP contribution < -0.4 is 5.73 Å². The summed E-state index contributed by atoms with van der Waals surface area (Å²) in [6.45, 7) is -1.25. The van der Waals surface area contributed by atoms with E-state index in [1.54, 1.807) is 0 Å². The Kier molecular flexibility index (Phi) is 6.17. The van der Waals surface area contributed by atoms with Crippen LogP contribution in [-0.2, 0) is 0 Å². The van der Waals surface area contributed by atoms with Gasteiger partial charge in [0.15, 0.2) is 0 Å². The van der Waals surface area contributed by atoms with Gasteiger partial charge in [0, 0.05) is 9.35 Å². The van der Waals surface area contributed by atoms with Gasteiger partial charge in [-0.1, -0.05) is 0 Å². The van der Waals surface area contributed by atoms with Crippen molar-refractivity contribution in [2.24, 2.45) is 5.73 Å². The second-order valence-corrected chi connectivity index (χ2v) is 5.92. The molecule has 1 aromatic heterocycles. The molecule has 1 rings (SSSR count). The number of halogens is 5. The first-order valence-corrected chi connectivity index (χ1v) is 5.97. The first kappa shape index (κ1) is 15.7. The molecule has 0 saturated carbocycles. The van der Waals surface area contributed by atoms with Crippen LogP contribution in [-0.4, -0.2) is 17.6 Å². The number of aliphatic hydroxyl groups is 1. The van der Waals surface area contributed by atoms with Crippen molar-refractivity contribution in [3.8, 4) is 0 Å². The maximum absolute atomic E-state index is 13.0. The lowest BCUT2D eigenvalue weighted by atomic mass is 10.1. The highest BCUT2D eigenvalue weighted by atomic mass is 79.9. The normalized spacial score (nSPS) is 13.5. The van der Waals surface area contributed by atoms with Crippen molar-refractivity contribution < 1.29 is 13.9 Å². The molecular weight excluding hydrogens is 379 g/mol. The van der Waals surface area contributed by atoms with Gasteiger partial charge in [0.2, 0.25) is 0 Å². The quantitative estimate of drug-likeness (QED) is 0.836. The van der Waals surface area contributed by atoms with Crippen molar-refractivity contribution in [2.75, 3.05) is 6.61 Å². The Morgan fingerprint density at radius 2 is 2.07 bits per heavy atom. The average Bonchev–Trinajstić information content (AvgIpc) is 2.45. The van der Waals surface area contributed by atoms with Gasteiger partial charge >= 0.3 is 0 Å². The van der Waals surface area contributed by atoms with E-state index in [1.807, 2.05) is 0 Å². The number of nitrogens with two attached hydrogens (primary N) is 1. The zero-order valence-electron chi connectivity index (χ0n) is 7.21. The lowest BCUT2D eigenvalue weighted by Gasteiger charge is -2.19. The summed E-state index contributed by atoms with van der Waals surface area (Å²) in [5.41, 5.74) is 5.32. The van der Waals surface area contributed by atoms with Gasteiger partial charge < -0.3 is 10.8 Å². The second kappa shape index (κ2) is 5.88. The van der Waals surface area contributed by atoms with Gasteiger partial charge in [0.05, 0.1) is 3.79 Å². The fourth-order valence-corrected chi connectivity index (χ4v) is 2.98. The van der Waals surface area contributed by atoms with Gasteiger partial charge in [-0.2, -0.15) is 0 Å². The zero-order chi connectivity index (χ0) is 10.9. The molecule has 1 heterocycles. The lowest BCUT2D eigenvalue weighted by Crippen LogP contribution is -2.35. The Morgan fingerprint density at radius 1 is 1.53 bits per heavy atom. The monoisotopic (exact) mass is 385 g/mol. The molecule has 0 radical (unpaired) electrons. The number of hydrogen-bond acceptors (Lipinski definition) is 3. The molecule has 0 aliphatic rings. The van der Waals surface area contributed by atoms with Crippen molar-refractivity contribution >= 4 is 55.6 Å². The molecule has 88 valence electrons. The zero-order valence-corrected chi connectivity index (χ0v) is 12.0. The van der Waals surface area contributed by atoms with E-state index in [1.165, 1.54) is 6.07 Å². The van der Waals surface area contributed by atoms with Crippen molar-refractivity contribution in [1.29, 1.82) is 0 Å². The Bertz CT molecular complexity index is 317. The average molecular weight is 387 g/mol. The smallest absolute Gasteiger partial charge is 0.290 e. The fraction of sp³-hybridized carbons (Fsp3) is 0.429. The minimum absolute atomic E-state index is 0. The number of alkyl halides is 2. The molecule has 8 heteroatoms. The first-order valence-electron chi connectivity index (χ1n) is 3.57. The Balaban J connectivity index is 0.00000196. The van der Waals surface area contributed by atoms with Crippen LogP contribution in [0.2, 0.25) is 0 Å². The molecule has 0 unspecified atom stereocenters. The molecule has 0 spiro atoms. The highest BCUT2D eigenvalue weighted by molar-refractivity contribution is 9.13. The van der Waals surface area contributed by atoms with E-state index >= 15 is 0 Å².